The predicted molar refractivity (Wildman–Crippen MR) is 271 cm³/mol. The molecule has 0 aliphatic carbocycles. The Bertz CT molecular complexity index is 2750. The second-order valence-corrected chi connectivity index (χ2v) is 20.7. The van der Waals surface area contributed by atoms with Crippen molar-refractivity contribution >= 4 is 80.2 Å². The van der Waals surface area contributed by atoms with Crippen LogP contribution in [0.2, 0.25) is 0 Å². The second-order valence-electron chi connectivity index (χ2n) is 15.0. The van der Waals surface area contributed by atoms with Crippen LogP contribution >= 0.6 is 15.8 Å². The van der Waals surface area contributed by atoms with E-state index in [4.69, 9.17) is 12.8 Å². The maximum Gasteiger partial charge on any atom is 1.00 e. The molecule has 312 valence electrons. The van der Waals surface area contributed by atoms with E-state index in [1.807, 2.05) is 48.5 Å². The van der Waals surface area contributed by atoms with Gasteiger partial charge in [-0.15, -0.1) is 11.1 Å². The van der Waals surface area contributed by atoms with Crippen LogP contribution in [0.3, 0.4) is 0 Å². The first kappa shape index (κ1) is 47.2. The van der Waals surface area contributed by atoms with Gasteiger partial charge in [0, 0.05) is 0 Å². The Balaban J connectivity index is 0.000000161. The van der Waals surface area contributed by atoms with E-state index in [0.717, 1.165) is 32.7 Å². The van der Waals surface area contributed by atoms with Gasteiger partial charge in [0.25, 0.3) is 0 Å². The Labute approximate surface area is 406 Å². The second kappa shape index (κ2) is 22.9. The van der Waals surface area contributed by atoms with E-state index in [9.17, 15) is 0 Å². The number of hydrogen-bond donors (Lipinski definition) is 0. The van der Waals surface area contributed by atoms with Crippen molar-refractivity contribution < 1.29 is 44.8 Å². The Hall–Kier alpha value is -5.30. The summed E-state index contributed by atoms with van der Waals surface area (Å²) in [6.07, 6.45) is 15.1. The Kier molecular flexibility index (Phi) is 17.1. The quantitative estimate of drug-likeness (QED) is 0.0512. The van der Waals surface area contributed by atoms with Gasteiger partial charge >= 0.3 is 44.8 Å². The van der Waals surface area contributed by atoms with Crippen LogP contribution in [0.4, 0.5) is 0 Å². The van der Waals surface area contributed by atoms with E-state index in [1.165, 1.54) is 59.8 Å². The molecule has 10 aromatic rings. The van der Waals surface area contributed by atoms with Gasteiger partial charge in [0.15, 0.2) is 5.90 Å². The summed E-state index contributed by atoms with van der Waals surface area (Å²) in [6, 6.07) is 77.3. The maximum absolute atomic E-state index is 7.53. The molecule has 10 aromatic carbocycles. The van der Waals surface area contributed by atoms with Crippen LogP contribution in [0, 0.1) is 38.5 Å². The molecule has 0 aromatic heterocycles. The van der Waals surface area contributed by atoms with Crippen molar-refractivity contribution in [3.63, 3.8) is 0 Å². The fourth-order valence-electron chi connectivity index (χ4n) is 8.44. The van der Waals surface area contributed by atoms with Crippen LogP contribution in [0.5, 0.6) is 0 Å². The van der Waals surface area contributed by atoms with Gasteiger partial charge in [0.1, 0.15) is 37.1 Å². The zero-order valence-corrected chi connectivity index (χ0v) is 40.1. The normalized spacial score (nSPS) is 10.4. The molecule has 0 atom stereocenters. The van der Waals surface area contributed by atoms with Crippen LogP contribution < -0.4 is 21.2 Å². The smallest absolute Gasteiger partial charge is 0.366 e. The van der Waals surface area contributed by atoms with E-state index < -0.39 is 15.8 Å². The van der Waals surface area contributed by atoms with Gasteiger partial charge in [-0.25, -0.2) is 0 Å². The largest absolute Gasteiger partial charge is 1.00 e. The molecule has 63 heavy (non-hydrogen) atoms. The molecule has 0 aliphatic rings. The first-order valence-corrected chi connectivity index (χ1v) is 24.1. The first-order valence-electron chi connectivity index (χ1n) is 20.7. The average Bonchev–Trinajstić information content (AvgIpc) is 3.34. The fourth-order valence-corrected chi connectivity index (χ4v) is 16.2. The molecule has 0 bridgehead atoms. The van der Waals surface area contributed by atoms with Gasteiger partial charge in [-0.2, -0.15) is 0 Å². The van der Waals surface area contributed by atoms with Crippen molar-refractivity contribution in [3.05, 3.63) is 253 Å². The molecule has 0 nitrogen and oxygen atoms in total. The standard InChI is InChI=1S/C25H22P2.2C17H11.2Ag/c1-5-13-22(14-6-1)26(23-15-7-2-8-16-23)21-27(24-17-9-3-10-18-24)25-19-11-4-12-20-25;2*1-3-13-16-10-6-4-8-14(16)12(2)15-9-5-7-11-17(13)15;;/h1-20H,21H2;2*4-11H,2H3;;/q;2*-1;2*+1/p+2. The van der Waals surface area contributed by atoms with Gasteiger partial charge < -0.3 is 12.8 Å². The van der Waals surface area contributed by atoms with Crippen molar-refractivity contribution in [2.24, 2.45) is 0 Å². The number of fused-ring (bicyclic) bond motifs is 4. The SMILES string of the molecule is [Ag+].[Ag+].[C-]#Cc1c2ccccc2c(C)c2ccccc12.[C-]#Cc1c2ccccc2c(C)c2ccccc12.c1ccc([PH+](C[PH+](c2ccccc2)c2ccccc2)c2ccccc2)cc1. The minimum absolute atomic E-state index is 0. The monoisotopic (exact) mass is 1030 g/mol. The Morgan fingerprint density at radius 3 is 0.698 bits per heavy atom. The van der Waals surface area contributed by atoms with Crippen LogP contribution in [0.25, 0.3) is 43.1 Å². The van der Waals surface area contributed by atoms with Crippen LogP contribution in [0.15, 0.2) is 218 Å². The molecule has 0 radical (unpaired) electrons. The summed E-state index contributed by atoms with van der Waals surface area (Å²) in [5.41, 5.74) is 4.33. The third kappa shape index (κ3) is 10.6. The van der Waals surface area contributed by atoms with Crippen LogP contribution in [-0.4, -0.2) is 5.90 Å². The number of hydrogen-bond acceptors (Lipinski definition) is 0. The molecule has 0 fully saturated rings. The molecule has 0 heterocycles. The molecule has 0 spiro atoms. The Morgan fingerprint density at radius 1 is 0.302 bits per heavy atom. The molecule has 0 aliphatic heterocycles. The van der Waals surface area contributed by atoms with Gasteiger partial charge in [-0.1, -0.05) is 191 Å². The summed E-state index contributed by atoms with van der Waals surface area (Å²) in [4.78, 5) is 0. The van der Waals surface area contributed by atoms with E-state index >= 15 is 0 Å². The minimum atomic E-state index is -0.847. The summed E-state index contributed by atoms with van der Waals surface area (Å²) in [6.45, 7) is 4.27. The van der Waals surface area contributed by atoms with Crippen molar-refractivity contribution in [2.45, 2.75) is 13.8 Å². The van der Waals surface area contributed by atoms with Gasteiger partial charge in [0.05, 0.1) is 0 Å². The predicted octanol–water partition coefficient (Wildman–Crippen LogP) is 13.1. The number of benzene rings is 10. The van der Waals surface area contributed by atoms with Crippen molar-refractivity contribution in [3.8, 4) is 11.8 Å². The third-order valence-corrected chi connectivity index (χ3v) is 18.4. The zero-order chi connectivity index (χ0) is 42.0. The van der Waals surface area contributed by atoms with Crippen LogP contribution in [0.1, 0.15) is 22.3 Å². The van der Waals surface area contributed by atoms with E-state index in [-0.39, 0.29) is 44.8 Å². The van der Waals surface area contributed by atoms with Crippen molar-refractivity contribution in [1.82, 2.24) is 0 Å². The summed E-state index contributed by atoms with van der Waals surface area (Å²) >= 11 is 0. The topological polar surface area (TPSA) is 0 Å². The maximum atomic E-state index is 7.53. The molecule has 0 unspecified atom stereocenters. The van der Waals surface area contributed by atoms with E-state index in [0.29, 0.717) is 0 Å². The average molecular weight is 1030 g/mol. The Morgan fingerprint density at radius 2 is 0.492 bits per heavy atom. The number of aryl methyl sites for hydroxylation is 2. The van der Waals surface area contributed by atoms with Crippen molar-refractivity contribution in [2.75, 3.05) is 5.90 Å². The summed E-state index contributed by atoms with van der Waals surface area (Å²) < 4.78 is 0. The van der Waals surface area contributed by atoms with Gasteiger partial charge in [-0.3, -0.25) is 11.8 Å². The molecule has 0 saturated heterocycles. The summed E-state index contributed by atoms with van der Waals surface area (Å²) in [5.74, 6) is 6.43. The van der Waals surface area contributed by atoms with Crippen LogP contribution in [-0.2, 0) is 44.8 Å². The van der Waals surface area contributed by atoms with E-state index in [2.05, 4.69) is 196 Å². The molecular weight excluding hydrogens is 986 g/mol. The molecule has 0 N–H and O–H groups in total. The molecular formula is C59H46Ag2P2+2. The molecule has 0 saturated carbocycles. The molecule has 4 heteroatoms. The minimum Gasteiger partial charge on any atom is -0.366 e. The van der Waals surface area contributed by atoms with Gasteiger partial charge in [-0.05, 0) is 95.1 Å². The van der Waals surface area contributed by atoms with Gasteiger partial charge in [0.2, 0.25) is 0 Å². The molecule has 0 amide bonds. The molecule has 10 rings (SSSR count). The number of rotatable bonds is 6. The van der Waals surface area contributed by atoms with E-state index in [1.54, 1.807) is 0 Å². The summed E-state index contributed by atoms with van der Waals surface area (Å²) in [5, 5.41) is 15.3. The third-order valence-electron chi connectivity index (χ3n) is 11.5. The van der Waals surface area contributed by atoms with Crippen molar-refractivity contribution in [1.29, 1.82) is 0 Å². The zero-order valence-electron chi connectivity index (χ0n) is 35.1. The first-order chi connectivity index (χ1) is 30.1. The fraction of sp³-hybridized carbons (Fsp3) is 0.0508. The summed E-state index contributed by atoms with van der Waals surface area (Å²) in [7, 11) is -1.69.